The summed E-state index contributed by atoms with van der Waals surface area (Å²) in [6.07, 6.45) is 1.35. The van der Waals surface area contributed by atoms with Crippen molar-refractivity contribution in [1.29, 1.82) is 0 Å². The Morgan fingerprint density at radius 3 is 2.62 bits per heavy atom. The van der Waals surface area contributed by atoms with Crippen molar-refractivity contribution >= 4 is 27.7 Å². The number of rotatable bonds is 8. The van der Waals surface area contributed by atoms with Crippen molar-refractivity contribution in [2.24, 2.45) is 0 Å². The van der Waals surface area contributed by atoms with Crippen molar-refractivity contribution in [3.8, 4) is 0 Å². The summed E-state index contributed by atoms with van der Waals surface area (Å²) in [4.78, 5) is 18.3. The van der Waals surface area contributed by atoms with Gasteiger partial charge in [0, 0.05) is 32.4 Å². The number of pyridine rings is 1. The maximum atomic E-state index is 12.5. The van der Waals surface area contributed by atoms with E-state index >= 15 is 0 Å². The van der Waals surface area contributed by atoms with Crippen molar-refractivity contribution in [3.05, 3.63) is 30.5 Å². The van der Waals surface area contributed by atoms with Crippen molar-refractivity contribution in [3.63, 3.8) is 0 Å². The lowest BCUT2D eigenvalue weighted by Crippen LogP contribution is -2.40. The number of hydrogen-bond acceptors (Lipinski definition) is 6. The Morgan fingerprint density at radius 1 is 1.38 bits per heavy atom. The van der Waals surface area contributed by atoms with Crippen LogP contribution in [0.15, 0.2) is 40.4 Å². The lowest BCUT2D eigenvalue weighted by Gasteiger charge is -2.25. The second-order valence-electron chi connectivity index (χ2n) is 6.00. The molecule has 1 aromatic rings. The average Bonchev–Trinajstić information content (AvgIpc) is 2.65. The lowest BCUT2D eigenvalue weighted by atomic mass is 10.3. The Kier molecular flexibility index (Phi) is 7.63. The second kappa shape index (κ2) is 9.50. The first kappa shape index (κ1) is 20.9. The van der Waals surface area contributed by atoms with Gasteiger partial charge in [0.25, 0.3) is 0 Å². The van der Waals surface area contributed by atoms with Crippen molar-refractivity contribution in [2.45, 2.75) is 23.8 Å². The quantitative estimate of drug-likeness (QED) is 0.488. The van der Waals surface area contributed by atoms with Gasteiger partial charge in [0.2, 0.25) is 15.9 Å². The molecule has 7 nitrogen and oxygen atoms in total. The molecule has 144 valence electrons. The minimum atomic E-state index is -3.54. The van der Waals surface area contributed by atoms with Gasteiger partial charge in [0.1, 0.15) is 4.90 Å². The topological polar surface area (TPSA) is 79.8 Å². The minimum absolute atomic E-state index is 0.00677. The van der Waals surface area contributed by atoms with Crippen molar-refractivity contribution in [1.82, 2.24) is 14.2 Å². The molecule has 0 radical (unpaired) electrons. The Balaban J connectivity index is 1.96. The Labute approximate surface area is 159 Å². The van der Waals surface area contributed by atoms with E-state index in [0.29, 0.717) is 44.4 Å². The number of hydrogen-bond donors (Lipinski definition) is 0. The number of sulfonamides is 1. The van der Waals surface area contributed by atoms with Crippen LogP contribution in [0.1, 0.15) is 13.8 Å². The summed E-state index contributed by atoms with van der Waals surface area (Å²) >= 11 is 1.29. The number of likely N-dealkylation sites (N-methyl/N-ethyl adjacent to an activating group) is 1. The molecule has 1 amide bonds. The monoisotopic (exact) mass is 399 g/mol. The highest BCUT2D eigenvalue weighted by molar-refractivity contribution is 7.99. The van der Waals surface area contributed by atoms with Crippen LogP contribution in [0.25, 0.3) is 0 Å². The highest BCUT2D eigenvalue weighted by Crippen LogP contribution is 2.20. The molecule has 0 bridgehead atoms. The maximum absolute atomic E-state index is 12.5. The fraction of sp³-hybridized carbons (Fsp3) is 0.529. The standard InChI is InChI=1S/C17H25N3O4S2/c1-4-19(12-14(2)3)17(21)13-25-16-6-5-15(11-18-16)26(22,23)20-7-9-24-10-8-20/h5-6,11H,2,4,7-10,12-13H2,1,3H3. The molecule has 0 spiro atoms. The predicted octanol–water partition coefficient (Wildman–Crippen LogP) is 1.62. The molecule has 2 heterocycles. The van der Waals surface area contributed by atoms with Crippen LogP contribution in [0.2, 0.25) is 0 Å². The number of thioether (sulfide) groups is 1. The van der Waals surface area contributed by atoms with Crippen molar-refractivity contribution in [2.75, 3.05) is 45.1 Å². The molecule has 1 aliphatic rings. The molecule has 0 aromatic carbocycles. The number of carbonyl (C=O) groups excluding carboxylic acids is 1. The first-order valence-corrected chi connectivity index (χ1v) is 10.9. The van der Waals surface area contributed by atoms with E-state index in [1.807, 2.05) is 13.8 Å². The van der Waals surface area contributed by atoms with Crippen LogP contribution in [0, 0.1) is 0 Å². The van der Waals surface area contributed by atoms with E-state index in [9.17, 15) is 13.2 Å². The van der Waals surface area contributed by atoms with E-state index in [2.05, 4.69) is 11.6 Å². The highest BCUT2D eigenvalue weighted by atomic mass is 32.2. The second-order valence-corrected chi connectivity index (χ2v) is 8.94. The van der Waals surface area contributed by atoms with E-state index in [4.69, 9.17) is 4.74 Å². The van der Waals surface area contributed by atoms with Gasteiger partial charge in [-0.2, -0.15) is 4.31 Å². The zero-order valence-electron chi connectivity index (χ0n) is 15.2. The molecule has 1 aliphatic heterocycles. The first-order valence-electron chi connectivity index (χ1n) is 8.43. The zero-order chi connectivity index (χ0) is 19.2. The molecule has 0 saturated carbocycles. The number of morpholine rings is 1. The third-order valence-electron chi connectivity index (χ3n) is 3.86. The predicted molar refractivity (Wildman–Crippen MR) is 102 cm³/mol. The highest BCUT2D eigenvalue weighted by Gasteiger charge is 2.26. The van der Waals surface area contributed by atoms with E-state index in [1.165, 1.54) is 28.3 Å². The number of amides is 1. The molecule has 0 atom stereocenters. The molecule has 26 heavy (non-hydrogen) atoms. The van der Waals surface area contributed by atoms with Crippen LogP contribution in [0.3, 0.4) is 0 Å². The van der Waals surface area contributed by atoms with Crippen LogP contribution in [0.4, 0.5) is 0 Å². The van der Waals surface area contributed by atoms with Gasteiger partial charge < -0.3 is 9.64 Å². The van der Waals surface area contributed by atoms with Gasteiger partial charge in [0.15, 0.2) is 0 Å². The molecule has 1 fully saturated rings. The average molecular weight is 400 g/mol. The number of carbonyl (C=O) groups is 1. The summed E-state index contributed by atoms with van der Waals surface area (Å²) in [6.45, 7) is 10.3. The SMILES string of the molecule is C=C(C)CN(CC)C(=O)CSc1ccc(S(=O)(=O)N2CCOCC2)cn1. The van der Waals surface area contributed by atoms with Gasteiger partial charge in [-0.1, -0.05) is 23.9 Å². The van der Waals surface area contributed by atoms with E-state index in [1.54, 1.807) is 11.0 Å². The number of ether oxygens (including phenoxy) is 1. The number of aromatic nitrogens is 1. The van der Waals surface area contributed by atoms with Crippen molar-refractivity contribution < 1.29 is 17.9 Å². The van der Waals surface area contributed by atoms with Crippen LogP contribution in [-0.2, 0) is 19.6 Å². The summed E-state index contributed by atoms with van der Waals surface area (Å²) in [5.41, 5.74) is 0.931. The Hall–Kier alpha value is -1.42. The summed E-state index contributed by atoms with van der Waals surface area (Å²) in [5, 5.41) is 0.616. The summed E-state index contributed by atoms with van der Waals surface area (Å²) in [7, 11) is -3.54. The largest absolute Gasteiger partial charge is 0.379 e. The summed E-state index contributed by atoms with van der Waals surface area (Å²) in [5.74, 6) is 0.260. The maximum Gasteiger partial charge on any atom is 0.244 e. The van der Waals surface area contributed by atoms with Gasteiger partial charge in [0.05, 0.1) is 24.0 Å². The summed E-state index contributed by atoms with van der Waals surface area (Å²) < 4.78 is 31.7. The minimum Gasteiger partial charge on any atom is -0.379 e. The molecular formula is C17H25N3O4S2. The number of nitrogens with zero attached hydrogens (tertiary/aromatic N) is 3. The molecule has 0 N–H and O–H groups in total. The third-order valence-corrected chi connectivity index (χ3v) is 6.67. The van der Waals surface area contributed by atoms with Crippen LogP contribution in [-0.4, -0.2) is 73.7 Å². The van der Waals surface area contributed by atoms with Gasteiger partial charge in [-0.3, -0.25) is 4.79 Å². The van der Waals surface area contributed by atoms with Crippen LogP contribution in [0.5, 0.6) is 0 Å². The van der Waals surface area contributed by atoms with E-state index < -0.39 is 10.0 Å². The van der Waals surface area contributed by atoms with Crippen LogP contribution < -0.4 is 0 Å². The van der Waals surface area contributed by atoms with Gasteiger partial charge in [-0.05, 0) is 26.0 Å². The first-order chi connectivity index (χ1) is 12.3. The normalized spacial score (nSPS) is 15.6. The third kappa shape index (κ3) is 5.54. The van der Waals surface area contributed by atoms with E-state index in [0.717, 1.165) is 5.57 Å². The van der Waals surface area contributed by atoms with E-state index in [-0.39, 0.29) is 16.6 Å². The Bertz CT molecular complexity index is 729. The Morgan fingerprint density at radius 2 is 2.08 bits per heavy atom. The smallest absolute Gasteiger partial charge is 0.244 e. The molecule has 1 aromatic heterocycles. The summed E-state index contributed by atoms with van der Waals surface area (Å²) in [6, 6.07) is 3.18. The molecule has 9 heteroatoms. The van der Waals surface area contributed by atoms with Gasteiger partial charge >= 0.3 is 0 Å². The van der Waals surface area contributed by atoms with Gasteiger partial charge in [-0.15, -0.1) is 0 Å². The fourth-order valence-electron chi connectivity index (χ4n) is 2.47. The molecular weight excluding hydrogens is 374 g/mol. The molecule has 0 aliphatic carbocycles. The molecule has 0 unspecified atom stereocenters. The zero-order valence-corrected chi connectivity index (χ0v) is 16.8. The fourth-order valence-corrected chi connectivity index (χ4v) is 4.57. The lowest BCUT2D eigenvalue weighted by molar-refractivity contribution is -0.127. The molecule has 1 saturated heterocycles. The van der Waals surface area contributed by atoms with Crippen LogP contribution >= 0.6 is 11.8 Å². The molecule has 2 rings (SSSR count). The van der Waals surface area contributed by atoms with Gasteiger partial charge in [-0.25, -0.2) is 13.4 Å².